The van der Waals surface area contributed by atoms with Gasteiger partial charge in [-0.05, 0) is 67.8 Å². The summed E-state index contributed by atoms with van der Waals surface area (Å²) in [5.41, 5.74) is 3.01. The first kappa shape index (κ1) is 17.6. The fourth-order valence-electron chi connectivity index (χ4n) is 3.47. The Kier molecular flexibility index (Phi) is 5.13. The monoisotopic (exact) mass is 363 g/mol. The number of sulfonamides is 1. The predicted molar refractivity (Wildman–Crippen MR) is 100 cm³/mol. The lowest BCUT2D eigenvalue weighted by atomic mass is 10.1. The maximum Gasteiger partial charge on any atom is 0.243 e. The van der Waals surface area contributed by atoms with Crippen LogP contribution in [0, 0.1) is 20.8 Å². The van der Waals surface area contributed by atoms with Crippen LogP contribution in [0.3, 0.4) is 0 Å². The number of hydrogen-bond acceptors (Lipinski definition) is 3. The predicted octanol–water partition coefficient (Wildman–Crippen LogP) is 4.98. The van der Waals surface area contributed by atoms with Gasteiger partial charge in [0.1, 0.15) is 0 Å². The van der Waals surface area contributed by atoms with Gasteiger partial charge in [0.25, 0.3) is 0 Å². The summed E-state index contributed by atoms with van der Waals surface area (Å²) in [5.74, 6) is 0. The number of aryl methyl sites for hydroxylation is 3. The Morgan fingerprint density at radius 2 is 1.83 bits per heavy atom. The van der Waals surface area contributed by atoms with Crippen LogP contribution in [0.4, 0.5) is 0 Å². The summed E-state index contributed by atoms with van der Waals surface area (Å²) in [4.78, 5) is 1.66. The van der Waals surface area contributed by atoms with E-state index in [1.54, 1.807) is 15.6 Å². The van der Waals surface area contributed by atoms with Crippen LogP contribution in [0.15, 0.2) is 34.5 Å². The van der Waals surface area contributed by atoms with Gasteiger partial charge in [-0.25, -0.2) is 8.42 Å². The van der Waals surface area contributed by atoms with E-state index in [4.69, 9.17) is 0 Å². The molecule has 0 bridgehead atoms. The third kappa shape index (κ3) is 3.30. The van der Waals surface area contributed by atoms with E-state index in [0.29, 0.717) is 11.4 Å². The molecule has 0 spiro atoms. The maximum atomic E-state index is 13.5. The van der Waals surface area contributed by atoms with E-state index in [2.05, 4.69) is 18.4 Å². The molecule has 2 heterocycles. The quantitative estimate of drug-likeness (QED) is 0.771. The lowest BCUT2D eigenvalue weighted by Crippen LogP contribution is -2.35. The molecule has 1 aromatic heterocycles. The van der Waals surface area contributed by atoms with E-state index in [1.165, 1.54) is 10.4 Å². The van der Waals surface area contributed by atoms with Crippen molar-refractivity contribution in [1.29, 1.82) is 0 Å². The minimum atomic E-state index is -3.49. The van der Waals surface area contributed by atoms with Gasteiger partial charge in [0.05, 0.1) is 10.9 Å². The van der Waals surface area contributed by atoms with Gasteiger partial charge >= 0.3 is 0 Å². The van der Waals surface area contributed by atoms with Crippen LogP contribution in [0.2, 0.25) is 0 Å². The van der Waals surface area contributed by atoms with Crippen LogP contribution in [-0.4, -0.2) is 19.3 Å². The summed E-state index contributed by atoms with van der Waals surface area (Å²) >= 11 is 1.68. The van der Waals surface area contributed by atoms with Gasteiger partial charge in [-0.1, -0.05) is 25.0 Å². The summed E-state index contributed by atoms with van der Waals surface area (Å²) in [6, 6.07) is 7.75. The summed E-state index contributed by atoms with van der Waals surface area (Å²) < 4.78 is 28.7. The SMILES string of the molecule is Cc1ccc(C)c(S(=O)(=O)N2CCCCC[C@H]2c2sccc2C)c1. The Bertz CT molecular complexity index is 824. The highest BCUT2D eigenvalue weighted by Crippen LogP contribution is 2.38. The Hall–Kier alpha value is -1.17. The van der Waals surface area contributed by atoms with Gasteiger partial charge < -0.3 is 0 Å². The minimum Gasteiger partial charge on any atom is -0.207 e. The van der Waals surface area contributed by atoms with Crippen molar-refractivity contribution in [3.63, 3.8) is 0 Å². The molecular formula is C19H25NO2S2. The molecule has 0 unspecified atom stereocenters. The van der Waals surface area contributed by atoms with Crippen molar-refractivity contribution in [1.82, 2.24) is 4.31 Å². The lowest BCUT2D eigenvalue weighted by Gasteiger charge is -2.29. The van der Waals surface area contributed by atoms with Gasteiger partial charge in [0.15, 0.2) is 0 Å². The topological polar surface area (TPSA) is 37.4 Å². The van der Waals surface area contributed by atoms with Crippen molar-refractivity contribution < 1.29 is 8.42 Å². The number of nitrogens with zero attached hydrogens (tertiary/aromatic N) is 1. The average molecular weight is 364 g/mol. The molecule has 1 fully saturated rings. The van der Waals surface area contributed by atoms with Gasteiger partial charge in [-0.15, -0.1) is 11.3 Å². The molecule has 3 nitrogen and oxygen atoms in total. The highest BCUT2D eigenvalue weighted by molar-refractivity contribution is 7.89. The first-order valence-electron chi connectivity index (χ1n) is 8.54. The van der Waals surface area contributed by atoms with Crippen LogP contribution < -0.4 is 0 Å². The number of rotatable bonds is 3. The van der Waals surface area contributed by atoms with Crippen LogP contribution >= 0.6 is 11.3 Å². The highest BCUT2D eigenvalue weighted by Gasteiger charge is 2.35. The van der Waals surface area contributed by atoms with Crippen molar-refractivity contribution in [3.05, 3.63) is 51.2 Å². The molecule has 3 rings (SSSR count). The Labute approximate surface area is 149 Å². The van der Waals surface area contributed by atoms with E-state index >= 15 is 0 Å². The standard InChI is InChI=1S/C19H25NO2S2/c1-14-8-9-15(2)18(13-14)24(21,22)20-11-6-4-5-7-17(20)19-16(3)10-12-23-19/h8-10,12-13,17H,4-7,11H2,1-3H3/t17-/m0/s1. The molecule has 1 aliphatic rings. The van der Waals surface area contributed by atoms with Crippen LogP contribution in [0.1, 0.15) is 53.3 Å². The van der Waals surface area contributed by atoms with Crippen LogP contribution in [0.5, 0.6) is 0 Å². The van der Waals surface area contributed by atoms with Crippen LogP contribution in [-0.2, 0) is 10.0 Å². The van der Waals surface area contributed by atoms with Gasteiger partial charge in [-0.3, -0.25) is 0 Å². The van der Waals surface area contributed by atoms with Crippen molar-refractivity contribution in [3.8, 4) is 0 Å². The molecule has 0 N–H and O–H groups in total. The van der Waals surface area contributed by atoms with Crippen molar-refractivity contribution in [2.75, 3.05) is 6.54 Å². The molecule has 1 atom stereocenters. The highest BCUT2D eigenvalue weighted by atomic mass is 32.2. The lowest BCUT2D eigenvalue weighted by molar-refractivity contribution is 0.332. The molecule has 0 aliphatic carbocycles. The number of hydrogen-bond donors (Lipinski definition) is 0. The van der Waals surface area contributed by atoms with E-state index < -0.39 is 10.0 Å². The second-order valence-corrected chi connectivity index (χ2v) is 9.52. The molecule has 1 aromatic carbocycles. The average Bonchev–Trinajstić information content (AvgIpc) is 2.82. The Morgan fingerprint density at radius 3 is 2.54 bits per heavy atom. The first-order chi connectivity index (χ1) is 11.4. The third-order valence-corrected chi connectivity index (χ3v) is 8.01. The van der Waals surface area contributed by atoms with E-state index in [1.807, 2.05) is 32.0 Å². The van der Waals surface area contributed by atoms with E-state index in [9.17, 15) is 8.42 Å². The van der Waals surface area contributed by atoms with Crippen molar-refractivity contribution in [2.45, 2.75) is 57.4 Å². The fraction of sp³-hybridized carbons (Fsp3) is 0.474. The van der Waals surface area contributed by atoms with Crippen molar-refractivity contribution >= 4 is 21.4 Å². The zero-order chi connectivity index (χ0) is 17.3. The molecule has 0 amide bonds. The minimum absolute atomic E-state index is 0.0302. The first-order valence-corrected chi connectivity index (χ1v) is 10.9. The zero-order valence-corrected chi connectivity index (χ0v) is 16.2. The maximum absolute atomic E-state index is 13.5. The molecule has 0 saturated carbocycles. The normalized spacial score (nSPS) is 20.0. The smallest absolute Gasteiger partial charge is 0.207 e. The van der Waals surface area contributed by atoms with E-state index in [0.717, 1.165) is 36.8 Å². The van der Waals surface area contributed by atoms with Gasteiger partial charge in [-0.2, -0.15) is 4.31 Å². The molecule has 130 valence electrons. The molecule has 1 aliphatic heterocycles. The number of thiophene rings is 1. The molecule has 0 radical (unpaired) electrons. The summed E-state index contributed by atoms with van der Waals surface area (Å²) in [7, 11) is -3.49. The second-order valence-electron chi connectivity index (χ2n) is 6.72. The second kappa shape index (κ2) is 6.98. The molecular weight excluding hydrogens is 338 g/mol. The zero-order valence-electron chi connectivity index (χ0n) is 14.6. The summed E-state index contributed by atoms with van der Waals surface area (Å²) in [6.45, 7) is 6.52. The summed E-state index contributed by atoms with van der Waals surface area (Å²) in [5, 5.41) is 2.07. The van der Waals surface area contributed by atoms with Gasteiger partial charge in [0, 0.05) is 11.4 Å². The molecule has 1 saturated heterocycles. The Morgan fingerprint density at radius 1 is 1.04 bits per heavy atom. The van der Waals surface area contributed by atoms with E-state index in [-0.39, 0.29) is 6.04 Å². The molecule has 24 heavy (non-hydrogen) atoms. The fourth-order valence-corrected chi connectivity index (χ4v) is 6.59. The number of benzene rings is 1. The van der Waals surface area contributed by atoms with Crippen molar-refractivity contribution in [2.24, 2.45) is 0 Å². The summed E-state index contributed by atoms with van der Waals surface area (Å²) in [6.07, 6.45) is 4.02. The third-order valence-electron chi connectivity index (χ3n) is 4.84. The van der Waals surface area contributed by atoms with Gasteiger partial charge in [0.2, 0.25) is 10.0 Å². The Balaban J connectivity index is 2.08. The largest absolute Gasteiger partial charge is 0.243 e. The molecule has 2 aromatic rings. The van der Waals surface area contributed by atoms with Crippen LogP contribution in [0.25, 0.3) is 0 Å². The molecule has 5 heteroatoms.